The SMILES string of the molecule is CCN=C(N)NC1CCC(C)C(C)C1. The average Bonchev–Trinajstić information content (AvgIpc) is 2.12. The van der Waals surface area contributed by atoms with Crippen LogP contribution in [0.2, 0.25) is 0 Å². The summed E-state index contributed by atoms with van der Waals surface area (Å²) in [5.74, 6) is 2.27. The third-order valence-corrected chi connectivity index (χ3v) is 3.28. The van der Waals surface area contributed by atoms with Crippen LogP contribution in [0.5, 0.6) is 0 Å². The number of guanidine groups is 1. The molecule has 0 spiro atoms. The molecule has 1 rings (SSSR count). The minimum atomic E-state index is 0.538. The van der Waals surface area contributed by atoms with Crippen molar-refractivity contribution >= 4 is 5.96 Å². The van der Waals surface area contributed by atoms with Gasteiger partial charge in [0.25, 0.3) is 0 Å². The van der Waals surface area contributed by atoms with Gasteiger partial charge >= 0.3 is 0 Å². The lowest BCUT2D eigenvalue weighted by Crippen LogP contribution is -2.43. The highest BCUT2D eigenvalue weighted by atomic mass is 15.1. The predicted octanol–water partition coefficient (Wildman–Crippen LogP) is 1.74. The van der Waals surface area contributed by atoms with Gasteiger partial charge < -0.3 is 11.1 Å². The Morgan fingerprint density at radius 3 is 2.64 bits per heavy atom. The van der Waals surface area contributed by atoms with E-state index in [1.54, 1.807) is 0 Å². The highest BCUT2D eigenvalue weighted by molar-refractivity contribution is 5.78. The van der Waals surface area contributed by atoms with Crippen molar-refractivity contribution in [3.8, 4) is 0 Å². The Bertz CT molecular complexity index is 201. The lowest BCUT2D eigenvalue weighted by Gasteiger charge is -2.32. The summed E-state index contributed by atoms with van der Waals surface area (Å²) in [4.78, 5) is 4.15. The van der Waals surface area contributed by atoms with E-state index in [4.69, 9.17) is 5.73 Å². The molecule has 0 aliphatic heterocycles. The minimum absolute atomic E-state index is 0.538. The van der Waals surface area contributed by atoms with Crippen LogP contribution >= 0.6 is 0 Å². The van der Waals surface area contributed by atoms with E-state index in [1.165, 1.54) is 19.3 Å². The maximum absolute atomic E-state index is 5.73. The summed E-state index contributed by atoms with van der Waals surface area (Å²) in [6, 6.07) is 0.538. The van der Waals surface area contributed by atoms with E-state index in [0.717, 1.165) is 18.4 Å². The lowest BCUT2D eigenvalue weighted by molar-refractivity contribution is 0.240. The second-order valence-corrected chi connectivity index (χ2v) is 4.47. The van der Waals surface area contributed by atoms with Gasteiger partial charge in [-0.2, -0.15) is 0 Å². The number of rotatable bonds is 2. The molecule has 0 aromatic rings. The van der Waals surface area contributed by atoms with E-state index in [1.807, 2.05) is 6.92 Å². The molecular formula is C11H23N3. The Labute approximate surface area is 87.2 Å². The normalized spacial score (nSPS) is 34.2. The molecule has 3 unspecified atom stereocenters. The van der Waals surface area contributed by atoms with Crippen LogP contribution in [-0.2, 0) is 0 Å². The van der Waals surface area contributed by atoms with Gasteiger partial charge in [0, 0.05) is 12.6 Å². The van der Waals surface area contributed by atoms with Crippen molar-refractivity contribution in [3.05, 3.63) is 0 Å². The van der Waals surface area contributed by atoms with Gasteiger partial charge in [0.05, 0.1) is 0 Å². The highest BCUT2D eigenvalue weighted by Crippen LogP contribution is 2.29. The fraction of sp³-hybridized carbons (Fsp3) is 0.909. The van der Waals surface area contributed by atoms with Crippen molar-refractivity contribution in [2.24, 2.45) is 22.6 Å². The van der Waals surface area contributed by atoms with Crippen LogP contribution in [0.3, 0.4) is 0 Å². The van der Waals surface area contributed by atoms with Crippen LogP contribution in [0.4, 0.5) is 0 Å². The number of nitrogens with two attached hydrogens (primary N) is 1. The van der Waals surface area contributed by atoms with Gasteiger partial charge in [0.15, 0.2) is 5.96 Å². The van der Waals surface area contributed by atoms with Gasteiger partial charge in [-0.05, 0) is 38.0 Å². The van der Waals surface area contributed by atoms with Crippen molar-refractivity contribution in [1.29, 1.82) is 0 Å². The first kappa shape index (κ1) is 11.3. The molecular weight excluding hydrogens is 174 g/mol. The zero-order chi connectivity index (χ0) is 10.6. The van der Waals surface area contributed by atoms with E-state index in [9.17, 15) is 0 Å². The van der Waals surface area contributed by atoms with Crippen molar-refractivity contribution in [2.75, 3.05) is 6.54 Å². The molecule has 1 aliphatic carbocycles. The minimum Gasteiger partial charge on any atom is -0.370 e. The number of nitrogens with zero attached hydrogens (tertiary/aromatic N) is 1. The van der Waals surface area contributed by atoms with Gasteiger partial charge in [0.2, 0.25) is 0 Å². The highest BCUT2D eigenvalue weighted by Gasteiger charge is 2.24. The van der Waals surface area contributed by atoms with Gasteiger partial charge in [-0.15, -0.1) is 0 Å². The summed E-state index contributed by atoms with van der Waals surface area (Å²) in [5, 5.41) is 3.30. The van der Waals surface area contributed by atoms with Crippen molar-refractivity contribution < 1.29 is 0 Å². The Morgan fingerprint density at radius 2 is 2.07 bits per heavy atom. The van der Waals surface area contributed by atoms with Crippen molar-refractivity contribution in [3.63, 3.8) is 0 Å². The second kappa shape index (κ2) is 5.23. The predicted molar refractivity (Wildman–Crippen MR) is 61.3 cm³/mol. The number of aliphatic imine (C=N–C) groups is 1. The maximum Gasteiger partial charge on any atom is 0.188 e. The fourth-order valence-corrected chi connectivity index (χ4v) is 2.10. The molecule has 1 fully saturated rings. The molecule has 3 nitrogen and oxygen atoms in total. The molecule has 0 aromatic carbocycles. The first-order chi connectivity index (χ1) is 6.63. The first-order valence-electron chi connectivity index (χ1n) is 5.70. The second-order valence-electron chi connectivity index (χ2n) is 4.47. The molecule has 1 saturated carbocycles. The molecule has 0 amide bonds. The molecule has 0 aromatic heterocycles. The summed E-state index contributed by atoms with van der Waals surface area (Å²) in [6.07, 6.45) is 3.75. The molecule has 3 N–H and O–H groups in total. The van der Waals surface area contributed by atoms with Crippen molar-refractivity contribution in [2.45, 2.75) is 46.1 Å². The summed E-state index contributed by atoms with van der Waals surface area (Å²) in [5.41, 5.74) is 5.73. The van der Waals surface area contributed by atoms with Gasteiger partial charge in [-0.25, -0.2) is 0 Å². The standard InChI is InChI=1S/C11H23N3/c1-4-13-11(12)14-10-6-5-8(2)9(3)7-10/h8-10H,4-7H2,1-3H3,(H3,12,13,14). The Hall–Kier alpha value is -0.730. The monoisotopic (exact) mass is 197 g/mol. The molecule has 3 heteroatoms. The first-order valence-corrected chi connectivity index (χ1v) is 5.70. The van der Waals surface area contributed by atoms with E-state index < -0.39 is 0 Å². The average molecular weight is 197 g/mol. The van der Waals surface area contributed by atoms with E-state index in [-0.39, 0.29) is 0 Å². The molecule has 1 aliphatic rings. The van der Waals surface area contributed by atoms with Crippen LogP contribution in [0.25, 0.3) is 0 Å². The smallest absolute Gasteiger partial charge is 0.188 e. The van der Waals surface area contributed by atoms with E-state index in [0.29, 0.717) is 12.0 Å². The fourth-order valence-electron chi connectivity index (χ4n) is 2.10. The van der Waals surface area contributed by atoms with Crippen LogP contribution in [0.1, 0.15) is 40.0 Å². The van der Waals surface area contributed by atoms with Crippen LogP contribution < -0.4 is 11.1 Å². The van der Waals surface area contributed by atoms with Gasteiger partial charge in [0.1, 0.15) is 0 Å². The summed E-state index contributed by atoms with van der Waals surface area (Å²) < 4.78 is 0. The maximum atomic E-state index is 5.73. The number of hydrogen-bond donors (Lipinski definition) is 2. The Kier molecular flexibility index (Phi) is 4.23. The quantitative estimate of drug-likeness (QED) is 0.523. The van der Waals surface area contributed by atoms with E-state index >= 15 is 0 Å². The third-order valence-electron chi connectivity index (χ3n) is 3.28. The zero-order valence-electron chi connectivity index (χ0n) is 9.59. The Balaban J connectivity index is 2.36. The van der Waals surface area contributed by atoms with E-state index in [2.05, 4.69) is 24.2 Å². The molecule has 3 atom stereocenters. The molecule has 0 bridgehead atoms. The summed E-state index contributed by atoms with van der Waals surface area (Å²) in [6.45, 7) is 7.42. The number of hydrogen-bond acceptors (Lipinski definition) is 1. The Morgan fingerprint density at radius 1 is 1.36 bits per heavy atom. The number of nitrogens with one attached hydrogen (secondary N) is 1. The molecule has 0 saturated heterocycles. The molecule has 0 radical (unpaired) electrons. The van der Waals surface area contributed by atoms with Crippen LogP contribution in [0.15, 0.2) is 4.99 Å². The third kappa shape index (κ3) is 3.20. The molecule has 14 heavy (non-hydrogen) atoms. The lowest BCUT2D eigenvalue weighted by atomic mass is 9.79. The van der Waals surface area contributed by atoms with Crippen molar-refractivity contribution in [1.82, 2.24) is 5.32 Å². The van der Waals surface area contributed by atoms with Crippen LogP contribution in [0, 0.1) is 11.8 Å². The largest absolute Gasteiger partial charge is 0.370 e. The summed E-state index contributed by atoms with van der Waals surface area (Å²) >= 11 is 0. The van der Waals surface area contributed by atoms with Crippen LogP contribution in [-0.4, -0.2) is 18.5 Å². The summed E-state index contributed by atoms with van der Waals surface area (Å²) in [7, 11) is 0. The topological polar surface area (TPSA) is 50.4 Å². The molecule has 82 valence electrons. The van der Waals surface area contributed by atoms with Gasteiger partial charge in [-0.3, -0.25) is 4.99 Å². The zero-order valence-corrected chi connectivity index (χ0v) is 9.59. The molecule has 0 heterocycles. The van der Waals surface area contributed by atoms with Gasteiger partial charge in [-0.1, -0.05) is 13.8 Å².